The number of hydrogen-bond acceptors (Lipinski definition) is 2. The molecule has 2 nitrogen and oxygen atoms in total. The van der Waals surface area contributed by atoms with Crippen molar-refractivity contribution >= 4 is 23.4 Å². The summed E-state index contributed by atoms with van der Waals surface area (Å²) in [5, 5.41) is 1.11. The first kappa shape index (κ1) is 15.4. The molecule has 0 radical (unpaired) electrons. The second kappa shape index (κ2) is 6.61. The molecule has 3 rings (SSSR count). The predicted octanol–water partition coefficient (Wildman–Crippen LogP) is 5.10. The summed E-state index contributed by atoms with van der Waals surface area (Å²) in [4.78, 5) is 0. The van der Waals surface area contributed by atoms with Crippen LogP contribution in [0.3, 0.4) is 0 Å². The Morgan fingerprint density at radius 2 is 1.81 bits per heavy atom. The van der Waals surface area contributed by atoms with Crippen molar-refractivity contribution in [1.29, 1.82) is 0 Å². The lowest BCUT2D eigenvalue weighted by molar-refractivity contribution is 0.628. The Morgan fingerprint density at radius 1 is 1.10 bits per heavy atom. The summed E-state index contributed by atoms with van der Waals surface area (Å²) in [6.07, 6.45) is 2.59. The van der Waals surface area contributed by atoms with E-state index in [1.54, 1.807) is 0 Å². The molecule has 0 fully saturated rings. The number of benzene rings is 2. The third-order valence-electron chi connectivity index (χ3n) is 3.47. The van der Waals surface area contributed by atoms with Crippen LogP contribution in [-0.4, -0.2) is 0 Å². The molecule has 0 saturated heterocycles. The number of furan rings is 1. The van der Waals surface area contributed by atoms with E-state index in [-0.39, 0.29) is 18.4 Å². The molecule has 0 spiro atoms. The van der Waals surface area contributed by atoms with Crippen LogP contribution in [0.5, 0.6) is 0 Å². The maximum atomic E-state index is 6.22. The van der Waals surface area contributed by atoms with Crippen LogP contribution in [0.4, 0.5) is 0 Å². The SMILES string of the molecule is C=CCC(N)c1ccccc1-c1cc2ccccc2o1.Cl. The molecular weight excluding hydrogens is 282 g/mol. The summed E-state index contributed by atoms with van der Waals surface area (Å²) >= 11 is 0. The van der Waals surface area contributed by atoms with Crippen molar-refractivity contribution in [3.63, 3.8) is 0 Å². The molecule has 1 aromatic heterocycles. The Labute approximate surface area is 130 Å². The van der Waals surface area contributed by atoms with Crippen LogP contribution in [0, 0.1) is 0 Å². The molecule has 0 saturated carbocycles. The van der Waals surface area contributed by atoms with Gasteiger partial charge >= 0.3 is 0 Å². The van der Waals surface area contributed by atoms with Gasteiger partial charge in [-0.15, -0.1) is 19.0 Å². The number of para-hydroxylation sites is 1. The molecule has 0 aliphatic rings. The first-order chi connectivity index (χ1) is 9.79. The Morgan fingerprint density at radius 3 is 2.57 bits per heavy atom. The minimum Gasteiger partial charge on any atom is -0.456 e. The van der Waals surface area contributed by atoms with Gasteiger partial charge in [0, 0.05) is 17.0 Å². The van der Waals surface area contributed by atoms with Crippen molar-refractivity contribution < 1.29 is 4.42 Å². The fourth-order valence-electron chi connectivity index (χ4n) is 2.47. The average Bonchev–Trinajstić information content (AvgIpc) is 2.91. The molecule has 0 bridgehead atoms. The molecule has 1 unspecified atom stereocenters. The molecule has 21 heavy (non-hydrogen) atoms. The van der Waals surface area contributed by atoms with Gasteiger partial charge in [0.15, 0.2) is 0 Å². The summed E-state index contributed by atoms with van der Waals surface area (Å²) in [6.45, 7) is 3.76. The van der Waals surface area contributed by atoms with Crippen LogP contribution in [0.25, 0.3) is 22.3 Å². The van der Waals surface area contributed by atoms with Crippen molar-refractivity contribution in [2.24, 2.45) is 5.73 Å². The van der Waals surface area contributed by atoms with E-state index in [0.717, 1.165) is 34.3 Å². The van der Waals surface area contributed by atoms with Gasteiger partial charge in [0.25, 0.3) is 0 Å². The predicted molar refractivity (Wildman–Crippen MR) is 90.6 cm³/mol. The highest BCUT2D eigenvalue weighted by Crippen LogP contribution is 2.32. The summed E-state index contributed by atoms with van der Waals surface area (Å²) in [6, 6.07) is 18.1. The summed E-state index contributed by atoms with van der Waals surface area (Å²) in [5.74, 6) is 0.862. The zero-order valence-electron chi connectivity index (χ0n) is 11.7. The maximum absolute atomic E-state index is 6.22. The number of halogens is 1. The molecule has 0 aliphatic carbocycles. The van der Waals surface area contributed by atoms with Gasteiger partial charge in [0.2, 0.25) is 0 Å². The Hall–Kier alpha value is -2.03. The Kier molecular flexibility index (Phi) is 4.84. The van der Waals surface area contributed by atoms with Gasteiger partial charge in [-0.3, -0.25) is 0 Å². The third-order valence-corrected chi connectivity index (χ3v) is 3.47. The van der Waals surface area contributed by atoms with E-state index in [2.05, 4.69) is 30.8 Å². The van der Waals surface area contributed by atoms with Crippen molar-refractivity contribution in [1.82, 2.24) is 0 Å². The third kappa shape index (κ3) is 3.02. The fraction of sp³-hybridized carbons (Fsp3) is 0.111. The van der Waals surface area contributed by atoms with E-state index in [1.807, 2.05) is 36.4 Å². The van der Waals surface area contributed by atoms with Crippen LogP contribution in [0.15, 0.2) is 71.7 Å². The van der Waals surface area contributed by atoms with Gasteiger partial charge in [-0.1, -0.05) is 48.5 Å². The normalized spacial score (nSPS) is 11.9. The van der Waals surface area contributed by atoms with Gasteiger partial charge in [-0.25, -0.2) is 0 Å². The van der Waals surface area contributed by atoms with Gasteiger partial charge in [-0.05, 0) is 24.1 Å². The second-order valence-electron chi connectivity index (χ2n) is 4.87. The fourth-order valence-corrected chi connectivity index (χ4v) is 2.47. The second-order valence-corrected chi connectivity index (χ2v) is 4.87. The van der Waals surface area contributed by atoms with Crippen LogP contribution >= 0.6 is 12.4 Å². The molecule has 2 aromatic carbocycles. The zero-order chi connectivity index (χ0) is 13.9. The molecule has 108 valence electrons. The summed E-state index contributed by atoms with van der Waals surface area (Å²) in [5.41, 5.74) is 9.27. The molecule has 3 heteroatoms. The lowest BCUT2D eigenvalue weighted by atomic mass is 9.97. The van der Waals surface area contributed by atoms with Gasteiger partial charge in [0.1, 0.15) is 11.3 Å². The minimum atomic E-state index is -0.0584. The quantitative estimate of drug-likeness (QED) is 0.681. The molecule has 3 aromatic rings. The van der Waals surface area contributed by atoms with E-state index in [4.69, 9.17) is 10.2 Å². The first-order valence-electron chi connectivity index (χ1n) is 6.74. The zero-order valence-corrected chi connectivity index (χ0v) is 12.5. The van der Waals surface area contributed by atoms with Crippen molar-refractivity contribution in [2.45, 2.75) is 12.5 Å². The number of hydrogen-bond donors (Lipinski definition) is 1. The lowest BCUT2D eigenvalue weighted by Crippen LogP contribution is -2.10. The summed E-state index contributed by atoms with van der Waals surface area (Å²) in [7, 11) is 0. The Balaban J connectivity index is 0.00000161. The van der Waals surface area contributed by atoms with Crippen molar-refractivity contribution in [2.75, 3.05) is 0 Å². The molecule has 2 N–H and O–H groups in total. The highest BCUT2D eigenvalue weighted by atomic mass is 35.5. The van der Waals surface area contributed by atoms with E-state index < -0.39 is 0 Å². The standard InChI is InChI=1S/C18H17NO.ClH/c1-2-7-16(19)14-9-4-5-10-15(14)18-12-13-8-3-6-11-17(13)20-18;/h2-6,8-12,16H,1,7,19H2;1H. The van der Waals surface area contributed by atoms with Crippen LogP contribution in [0.1, 0.15) is 18.0 Å². The monoisotopic (exact) mass is 299 g/mol. The summed E-state index contributed by atoms with van der Waals surface area (Å²) < 4.78 is 5.94. The molecule has 0 amide bonds. The number of rotatable bonds is 4. The number of nitrogens with two attached hydrogens (primary N) is 1. The van der Waals surface area contributed by atoms with Gasteiger partial charge in [-0.2, -0.15) is 0 Å². The smallest absolute Gasteiger partial charge is 0.135 e. The van der Waals surface area contributed by atoms with Crippen LogP contribution in [-0.2, 0) is 0 Å². The van der Waals surface area contributed by atoms with E-state index >= 15 is 0 Å². The van der Waals surface area contributed by atoms with E-state index in [0.29, 0.717) is 0 Å². The van der Waals surface area contributed by atoms with Crippen LogP contribution < -0.4 is 5.73 Å². The van der Waals surface area contributed by atoms with Crippen molar-refractivity contribution in [3.8, 4) is 11.3 Å². The molecular formula is C18H18ClNO. The minimum absolute atomic E-state index is 0. The number of fused-ring (bicyclic) bond motifs is 1. The maximum Gasteiger partial charge on any atom is 0.135 e. The highest BCUT2D eigenvalue weighted by molar-refractivity contribution is 5.85. The van der Waals surface area contributed by atoms with E-state index in [9.17, 15) is 0 Å². The molecule has 1 atom stereocenters. The highest BCUT2D eigenvalue weighted by Gasteiger charge is 2.14. The Bertz CT molecular complexity index is 715. The molecule has 0 aliphatic heterocycles. The van der Waals surface area contributed by atoms with Gasteiger partial charge in [0.05, 0.1) is 0 Å². The first-order valence-corrected chi connectivity index (χ1v) is 6.74. The van der Waals surface area contributed by atoms with Crippen molar-refractivity contribution in [3.05, 3.63) is 72.8 Å². The average molecular weight is 300 g/mol. The topological polar surface area (TPSA) is 39.2 Å². The van der Waals surface area contributed by atoms with Gasteiger partial charge < -0.3 is 10.2 Å². The lowest BCUT2D eigenvalue weighted by Gasteiger charge is -2.13. The largest absolute Gasteiger partial charge is 0.456 e. The molecule has 1 heterocycles. The van der Waals surface area contributed by atoms with Crippen LogP contribution in [0.2, 0.25) is 0 Å². The van der Waals surface area contributed by atoms with E-state index in [1.165, 1.54) is 0 Å².